The Bertz CT molecular complexity index is 825. The van der Waals surface area contributed by atoms with Gasteiger partial charge >= 0.3 is 0 Å². The summed E-state index contributed by atoms with van der Waals surface area (Å²) in [5, 5.41) is 7.35. The second kappa shape index (κ2) is 7.19. The molecule has 2 aromatic carbocycles. The molecule has 128 valence electrons. The zero-order valence-corrected chi connectivity index (χ0v) is 14.7. The molecule has 1 N–H and O–H groups in total. The van der Waals surface area contributed by atoms with Crippen molar-refractivity contribution < 1.29 is 0 Å². The molecular weight excluding hydrogens is 308 g/mol. The Labute approximate surface area is 148 Å². The van der Waals surface area contributed by atoms with Crippen molar-refractivity contribution in [3.05, 3.63) is 71.8 Å². The molecule has 1 fully saturated rings. The van der Waals surface area contributed by atoms with Crippen LogP contribution in [0.3, 0.4) is 0 Å². The molecule has 25 heavy (non-hydrogen) atoms. The lowest BCUT2D eigenvalue weighted by Gasteiger charge is -2.31. The van der Waals surface area contributed by atoms with Crippen LogP contribution in [0.4, 0.5) is 0 Å². The van der Waals surface area contributed by atoms with Crippen LogP contribution < -0.4 is 0 Å². The molecule has 4 rings (SSSR count). The normalized spacial score (nSPS) is 18.4. The molecule has 1 aromatic heterocycles. The summed E-state index contributed by atoms with van der Waals surface area (Å²) in [5.74, 6) is 2.32. The summed E-state index contributed by atoms with van der Waals surface area (Å²) in [6.07, 6.45) is 2.38. The fourth-order valence-electron chi connectivity index (χ4n) is 3.69. The van der Waals surface area contributed by atoms with Crippen molar-refractivity contribution in [2.24, 2.45) is 0 Å². The van der Waals surface area contributed by atoms with Crippen LogP contribution in [0.2, 0.25) is 0 Å². The smallest absolute Gasteiger partial charge is 0.155 e. The van der Waals surface area contributed by atoms with Gasteiger partial charge in [0, 0.05) is 19.0 Å². The van der Waals surface area contributed by atoms with E-state index in [-0.39, 0.29) is 0 Å². The van der Waals surface area contributed by atoms with Crippen molar-refractivity contribution >= 4 is 0 Å². The number of benzene rings is 2. The average Bonchev–Trinajstić information content (AvgIpc) is 3.09. The quantitative estimate of drug-likeness (QED) is 0.780. The first-order chi connectivity index (χ1) is 12.3. The van der Waals surface area contributed by atoms with Gasteiger partial charge < -0.3 is 0 Å². The van der Waals surface area contributed by atoms with Crippen LogP contribution >= 0.6 is 0 Å². The van der Waals surface area contributed by atoms with Gasteiger partial charge in [0.2, 0.25) is 0 Å². The molecular formula is C21H24N4. The number of aromatic amines is 1. The van der Waals surface area contributed by atoms with Crippen molar-refractivity contribution in [2.75, 3.05) is 13.1 Å². The number of nitrogens with zero attached hydrogens (tertiary/aromatic N) is 3. The van der Waals surface area contributed by atoms with E-state index in [1.165, 1.54) is 29.5 Å². The van der Waals surface area contributed by atoms with Crippen molar-refractivity contribution in [1.29, 1.82) is 0 Å². The zero-order valence-electron chi connectivity index (χ0n) is 14.7. The Morgan fingerprint density at radius 3 is 2.72 bits per heavy atom. The van der Waals surface area contributed by atoms with Crippen LogP contribution in [-0.2, 0) is 6.54 Å². The number of aromatic nitrogens is 3. The third-order valence-corrected chi connectivity index (χ3v) is 4.93. The summed E-state index contributed by atoms with van der Waals surface area (Å²) in [4.78, 5) is 7.07. The van der Waals surface area contributed by atoms with Crippen LogP contribution in [-0.4, -0.2) is 33.2 Å². The van der Waals surface area contributed by atoms with Crippen LogP contribution in [0.25, 0.3) is 11.1 Å². The van der Waals surface area contributed by atoms with Crippen LogP contribution in [0, 0.1) is 6.92 Å². The van der Waals surface area contributed by atoms with E-state index in [4.69, 9.17) is 0 Å². The van der Waals surface area contributed by atoms with E-state index < -0.39 is 0 Å². The van der Waals surface area contributed by atoms with E-state index in [2.05, 4.69) is 74.7 Å². The minimum absolute atomic E-state index is 0.441. The lowest BCUT2D eigenvalue weighted by molar-refractivity contribution is 0.196. The molecule has 3 aromatic rings. The van der Waals surface area contributed by atoms with Gasteiger partial charge in [-0.1, -0.05) is 48.5 Å². The number of H-pyrrole nitrogens is 1. The molecule has 1 aliphatic heterocycles. The van der Waals surface area contributed by atoms with Gasteiger partial charge in [-0.15, -0.1) is 0 Å². The summed E-state index contributed by atoms with van der Waals surface area (Å²) in [6, 6.07) is 19.5. The molecule has 4 heteroatoms. The SMILES string of the molecule is Cc1nc(C2CCCN(Cc3cccc(-c4ccccc4)c3)C2)n[nH]1. The number of hydrogen-bond donors (Lipinski definition) is 1. The zero-order chi connectivity index (χ0) is 17.1. The van der Waals surface area contributed by atoms with E-state index >= 15 is 0 Å². The first kappa shape index (κ1) is 16.0. The summed E-state index contributed by atoms with van der Waals surface area (Å²) in [6.45, 7) is 5.13. The summed E-state index contributed by atoms with van der Waals surface area (Å²) >= 11 is 0. The molecule has 0 bridgehead atoms. The Balaban J connectivity index is 1.47. The summed E-state index contributed by atoms with van der Waals surface area (Å²) in [5.41, 5.74) is 3.93. The molecule has 0 spiro atoms. The number of hydrogen-bond acceptors (Lipinski definition) is 3. The molecule has 2 heterocycles. The van der Waals surface area contributed by atoms with Crippen molar-refractivity contribution in [3.8, 4) is 11.1 Å². The standard InChI is InChI=1S/C21H24N4/c1-16-22-21(24-23-16)20-11-6-12-25(15-20)14-17-7-5-10-19(13-17)18-8-3-2-4-9-18/h2-5,7-10,13,20H,6,11-12,14-15H2,1H3,(H,22,23,24). The molecule has 0 radical (unpaired) electrons. The molecule has 1 aliphatic rings. The molecule has 4 nitrogen and oxygen atoms in total. The number of aryl methyl sites for hydroxylation is 1. The fourth-order valence-corrected chi connectivity index (χ4v) is 3.69. The predicted molar refractivity (Wildman–Crippen MR) is 100 cm³/mol. The summed E-state index contributed by atoms with van der Waals surface area (Å²) in [7, 11) is 0. The summed E-state index contributed by atoms with van der Waals surface area (Å²) < 4.78 is 0. The highest BCUT2D eigenvalue weighted by molar-refractivity contribution is 5.63. The second-order valence-corrected chi connectivity index (χ2v) is 6.92. The molecule has 0 saturated carbocycles. The molecule has 1 saturated heterocycles. The molecule has 0 aliphatic carbocycles. The van der Waals surface area contributed by atoms with Gasteiger partial charge in [0.1, 0.15) is 5.82 Å². The number of rotatable bonds is 4. The first-order valence-corrected chi connectivity index (χ1v) is 9.03. The maximum atomic E-state index is 4.54. The van der Waals surface area contributed by atoms with E-state index in [0.717, 1.165) is 31.3 Å². The van der Waals surface area contributed by atoms with Gasteiger partial charge in [0.15, 0.2) is 5.82 Å². The fraction of sp³-hybridized carbons (Fsp3) is 0.333. The lowest BCUT2D eigenvalue weighted by Crippen LogP contribution is -2.34. The Kier molecular flexibility index (Phi) is 4.61. The van der Waals surface area contributed by atoms with Crippen LogP contribution in [0.15, 0.2) is 54.6 Å². The van der Waals surface area contributed by atoms with Gasteiger partial charge in [0.25, 0.3) is 0 Å². The largest absolute Gasteiger partial charge is 0.298 e. The van der Waals surface area contributed by atoms with Crippen LogP contribution in [0.5, 0.6) is 0 Å². The molecule has 0 amide bonds. The minimum Gasteiger partial charge on any atom is -0.298 e. The highest BCUT2D eigenvalue weighted by atomic mass is 15.2. The van der Waals surface area contributed by atoms with E-state index in [9.17, 15) is 0 Å². The Hall–Kier alpha value is -2.46. The topological polar surface area (TPSA) is 44.8 Å². The third-order valence-electron chi connectivity index (χ3n) is 4.93. The van der Waals surface area contributed by atoms with E-state index in [1.807, 2.05) is 6.92 Å². The predicted octanol–water partition coefficient (Wildman–Crippen LogP) is 4.16. The minimum atomic E-state index is 0.441. The molecule has 1 unspecified atom stereocenters. The monoisotopic (exact) mass is 332 g/mol. The number of likely N-dealkylation sites (tertiary alicyclic amines) is 1. The highest BCUT2D eigenvalue weighted by Crippen LogP contribution is 2.26. The van der Waals surface area contributed by atoms with Gasteiger partial charge in [0.05, 0.1) is 0 Å². The van der Waals surface area contributed by atoms with E-state index in [0.29, 0.717) is 5.92 Å². The lowest BCUT2D eigenvalue weighted by atomic mass is 9.96. The Morgan fingerprint density at radius 1 is 1.08 bits per heavy atom. The average molecular weight is 332 g/mol. The highest BCUT2D eigenvalue weighted by Gasteiger charge is 2.24. The van der Waals surface area contributed by atoms with Gasteiger partial charge in [-0.3, -0.25) is 10.00 Å². The van der Waals surface area contributed by atoms with Crippen LogP contribution in [0.1, 0.15) is 36.0 Å². The first-order valence-electron chi connectivity index (χ1n) is 9.03. The van der Waals surface area contributed by atoms with Gasteiger partial charge in [-0.25, -0.2) is 4.98 Å². The number of nitrogens with one attached hydrogen (secondary N) is 1. The van der Waals surface area contributed by atoms with Crippen molar-refractivity contribution in [3.63, 3.8) is 0 Å². The van der Waals surface area contributed by atoms with Gasteiger partial charge in [-0.05, 0) is 49.1 Å². The Morgan fingerprint density at radius 2 is 1.92 bits per heavy atom. The maximum Gasteiger partial charge on any atom is 0.155 e. The second-order valence-electron chi connectivity index (χ2n) is 6.92. The van der Waals surface area contributed by atoms with E-state index in [1.54, 1.807) is 0 Å². The number of piperidine rings is 1. The van der Waals surface area contributed by atoms with Gasteiger partial charge in [-0.2, -0.15) is 5.10 Å². The van der Waals surface area contributed by atoms with Crippen molar-refractivity contribution in [2.45, 2.75) is 32.2 Å². The third kappa shape index (κ3) is 3.80. The maximum absolute atomic E-state index is 4.54. The molecule has 1 atom stereocenters. The van der Waals surface area contributed by atoms with Crippen molar-refractivity contribution in [1.82, 2.24) is 20.1 Å².